The lowest BCUT2D eigenvalue weighted by Crippen LogP contribution is -2.49. The maximum Gasteiger partial charge on any atom is 0.260 e. The Labute approximate surface area is 149 Å². The number of ether oxygens (including phenoxy) is 1. The highest BCUT2D eigenvalue weighted by atomic mass is 16.5. The van der Waals surface area contributed by atoms with E-state index in [0.717, 1.165) is 56.2 Å². The van der Waals surface area contributed by atoms with Gasteiger partial charge >= 0.3 is 0 Å². The summed E-state index contributed by atoms with van der Waals surface area (Å²) in [5.74, 6) is 0.871. The summed E-state index contributed by atoms with van der Waals surface area (Å²) in [6, 6.07) is 13.9. The molecule has 0 bridgehead atoms. The molecule has 1 aliphatic rings. The fourth-order valence-electron chi connectivity index (χ4n) is 3.04. The van der Waals surface area contributed by atoms with Crippen molar-refractivity contribution in [2.24, 2.45) is 0 Å². The van der Waals surface area contributed by atoms with Gasteiger partial charge < -0.3 is 9.64 Å². The molecule has 0 atom stereocenters. The number of aromatic nitrogens is 1. The van der Waals surface area contributed by atoms with E-state index in [1.807, 2.05) is 53.6 Å². The third kappa shape index (κ3) is 4.79. The Balaban J connectivity index is 1.45. The average Bonchev–Trinajstić information content (AvgIpc) is 2.67. The second-order valence-corrected chi connectivity index (χ2v) is 6.23. The highest BCUT2D eigenvalue weighted by Gasteiger charge is 2.21. The Morgan fingerprint density at radius 3 is 2.56 bits per heavy atom. The van der Waals surface area contributed by atoms with Crippen molar-refractivity contribution in [2.45, 2.75) is 19.9 Å². The van der Waals surface area contributed by atoms with Crippen LogP contribution < -0.4 is 4.74 Å². The van der Waals surface area contributed by atoms with Crippen LogP contribution in [0.3, 0.4) is 0 Å². The monoisotopic (exact) mass is 339 g/mol. The van der Waals surface area contributed by atoms with Crippen LogP contribution in [0, 0.1) is 0 Å². The lowest BCUT2D eigenvalue weighted by atomic mass is 10.1. The van der Waals surface area contributed by atoms with Crippen LogP contribution in [-0.2, 0) is 17.8 Å². The topological polar surface area (TPSA) is 45.7 Å². The third-order valence-corrected chi connectivity index (χ3v) is 4.54. The van der Waals surface area contributed by atoms with Crippen molar-refractivity contribution in [1.29, 1.82) is 0 Å². The number of carbonyl (C=O) groups is 1. The minimum absolute atomic E-state index is 0.0587. The van der Waals surface area contributed by atoms with E-state index < -0.39 is 0 Å². The molecule has 0 N–H and O–H groups in total. The largest absolute Gasteiger partial charge is 0.483 e. The van der Waals surface area contributed by atoms with Gasteiger partial charge in [-0.1, -0.05) is 31.2 Å². The first-order valence-corrected chi connectivity index (χ1v) is 8.87. The lowest BCUT2D eigenvalue weighted by molar-refractivity contribution is -0.135. The molecule has 0 spiro atoms. The summed E-state index contributed by atoms with van der Waals surface area (Å²) in [6.45, 7) is 6.25. The van der Waals surface area contributed by atoms with Crippen LogP contribution >= 0.6 is 0 Å². The van der Waals surface area contributed by atoms with E-state index in [-0.39, 0.29) is 12.5 Å². The first-order chi connectivity index (χ1) is 12.3. The summed E-state index contributed by atoms with van der Waals surface area (Å²) >= 11 is 0. The van der Waals surface area contributed by atoms with Crippen LogP contribution in [0.1, 0.15) is 18.2 Å². The van der Waals surface area contributed by atoms with Gasteiger partial charge in [0.15, 0.2) is 6.61 Å². The molecule has 0 saturated carbocycles. The molecule has 0 unspecified atom stereocenters. The summed E-state index contributed by atoms with van der Waals surface area (Å²) in [6.07, 6.45) is 2.72. The fraction of sp³-hybridized carbons (Fsp3) is 0.400. The number of carbonyl (C=O) groups excluding carboxylic acids is 1. The number of para-hydroxylation sites is 1. The Bertz CT molecular complexity index is 682. The fourth-order valence-corrected chi connectivity index (χ4v) is 3.04. The van der Waals surface area contributed by atoms with Crippen molar-refractivity contribution in [3.63, 3.8) is 0 Å². The number of benzene rings is 1. The van der Waals surface area contributed by atoms with Crippen LogP contribution in [0.4, 0.5) is 0 Å². The quantitative estimate of drug-likeness (QED) is 0.811. The maximum atomic E-state index is 12.4. The first-order valence-electron chi connectivity index (χ1n) is 8.87. The Morgan fingerprint density at radius 2 is 1.84 bits per heavy atom. The molecule has 1 saturated heterocycles. The van der Waals surface area contributed by atoms with Crippen molar-refractivity contribution in [3.05, 3.63) is 59.9 Å². The molecule has 0 radical (unpaired) electrons. The number of pyridine rings is 1. The summed E-state index contributed by atoms with van der Waals surface area (Å²) in [4.78, 5) is 21.0. The van der Waals surface area contributed by atoms with Crippen molar-refractivity contribution < 1.29 is 9.53 Å². The van der Waals surface area contributed by atoms with Crippen LogP contribution in [0.15, 0.2) is 48.7 Å². The summed E-state index contributed by atoms with van der Waals surface area (Å²) in [5, 5.41) is 0. The van der Waals surface area contributed by atoms with Gasteiger partial charge in [0.25, 0.3) is 5.91 Å². The van der Waals surface area contributed by atoms with E-state index in [2.05, 4.69) is 16.8 Å². The van der Waals surface area contributed by atoms with Crippen molar-refractivity contribution in [2.75, 3.05) is 32.8 Å². The minimum Gasteiger partial charge on any atom is -0.483 e. The first kappa shape index (κ1) is 17.4. The molecule has 3 rings (SSSR count). The van der Waals surface area contributed by atoms with E-state index in [4.69, 9.17) is 4.74 Å². The summed E-state index contributed by atoms with van der Waals surface area (Å²) in [7, 11) is 0. The summed E-state index contributed by atoms with van der Waals surface area (Å²) < 4.78 is 5.75. The van der Waals surface area contributed by atoms with E-state index in [9.17, 15) is 4.79 Å². The molecule has 1 aromatic heterocycles. The van der Waals surface area contributed by atoms with Crippen molar-refractivity contribution in [3.8, 4) is 5.75 Å². The molecule has 0 aliphatic carbocycles. The average molecular weight is 339 g/mol. The van der Waals surface area contributed by atoms with Gasteiger partial charge in [-0.2, -0.15) is 0 Å². The highest BCUT2D eigenvalue weighted by molar-refractivity contribution is 5.78. The van der Waals surface area contributed by atoms with Gasteiger partial charge in [-0.05, 0) is 30.2 Å². The highest BCUT2D eigenvalue weighted by Crippen LogP contribution is 2.18. The number of rotatable bonds is 6. The third-order valence-electron chi connectivity index (χ3n) is 4.54. The minimum atomic E-state index is 0.0587. The number of hydrogen-bond acceptors (Lipinski definition) is 4. The van der Waals surface area contributed by atoms with Gasteiger partial charge in [0.05, 0.1) is 5.69 Å². The smallest absolute Gasteiger partial charge is 0.260 e. The van der Waals surface area contributed by atoms with Crippen LogP contribution in [0.25, 0.3) is 0 Å². The molecule has 25 heavy (non-hydrogen) atoms. The van der Waals surface area contributed by atoms with E-state index in [1.165, 1.54) is 0 Å². The molecule has 1 aliphatic heterocycles. The normalized spacial score (nSPS) is 15.2. The zero-order valence-corrected chi connectivity index (χ0v) is 14.7. The van der Waals surface area contributed by atoms with Gasteiger partial charge in [-0.25, -0.2) is 0 Å². The number of piperazine rings is 1. The Morgan fingerprint density at radius 1 is 1.08 bits per heavy atom. The molecule has 1 amide bonds. The zero-order chi connectivity index (χ0) is 17.5. The number of amides is 1. The van der Waals surface area contributed by atoms with E-state index in [0.29, 0.717) is 0 Å². The van der Waals surface area contributed by atoms with Crippen LogP contribution in [-0.4, -0.2) is 53.5 Å². The van der Waals surface area contributed by atoms with Gasteiger partial charge in [0, 0.05) is 38.9 Å². The Hall–Kier alpha value is -2.40. The number of aryl methyl sites for hydroxylation is 1. The molecular formula is C20H25N3O2. The second kappa shape index (κ2) is 8.62. The standard InChI is InChI=1S/C20H25N3O2/c1-2-17-7-3-4-9-19(17)25-16-20(24)23-13-11-22(12-14-23)15-18-8-5-6-10-21-18/h3-10H,2,11-16H2,1H3. The summed E-state index contributed by atoms with van der Waals surface area (Å²) in [5.41, 5.74) is 2.21. The molecule has 5 heteroatoms. The van der Waals surface area contributed by atoms with E-state index in [1.54, 1.807) is 0 Å². The SMILES string of the molecule is CCc1ccccc1OCC(=O)N1CCN(Cc2ccccn2)CC1. The molecule has 2 heterocycles. The zero-order valence-electron chi connectivity index (χ0n) is 14.7. The number of hydrogen-bond donors (Lipinski definition) is 0. The molecular weight excluding hydrogens is 314 g/mol. The second-order valence-electron chi connectivity index (χ2n) is 6.23. The predicted octanol–water partition coefficient (Wildman–Crippen LogP) is 2.37. The maximum absolute atomic E-state index is 12.4. The van der Waals surface area contributed by atoms with Gasteiger partial charge in [-0.15, -0.1) is 0 Å². The number of nitrogens with zero attached hydrogens (tertiary/aromatic N) is 3. The van der Waals surface area contributed by atoms with Gasteiger partial charge in [0.1, 0.15) is 5.75 Å². The van der Waals surface area contributed by atoms with Gasteiger partial charge in [-0.3, -0.25) is 14.7 Å². The van der Waals surface area contributed by atoms with Crippen LogP contribution in [0.2, 0.25) is 0 Å². The molecule has 132 valence electrons. The van der Waals surface area contributed by atoms with Gasteiger partial charge in [0.2, 0.25) is 0 Å². The Kier molecular flexibility index (Phi) is 6.01. The van der Waals surface area contributed by atoms with Crippen LogP contribution in [0.5, 0.6) is 5.75 Å². The molecule has 1 aromatic carbocycles. The van der Waals surface area contributed by atoms with Crippen molar-refractivity contribution >= 4 is 5.91 Å². The lowest BCUT2D eigenvalue weighted by Gasteiger charge is -2.34. The van der Waals surface area contributed by atoms with E-state index >= 15 is 0 Å². The predicted molar refractivity (Wildman–Crippen MR) is 97.4 cm³/mol. The molecule has 5 nitrogen and oxygen atoms in total. The molecule has 2 aromatic rings. The van der Waals surface area contributed by atoms with Crippen molar-refractivity contribution in [1.82, 2.24) is 14.8 Å². The molecule has 1 fully saturated rings.